The van der Waals surface area contributed by atoms with Gasteiger partial charge in [0.1, 0.15) is 5.82 Å². The van der Waals surface area contributed by atoms with Gasteiger partial charge < -0.3 is 15.2 Å². The van der Waals surface area contributed by atoms with E-state index in [-0.39, 0.29) is 0 Å². The van der Waals surface area contributed by atoms with E-state index in [9.17, 15) is 0 Å². The standard InChI is InChI=1S/C15H22N4/c1-11-17-14-9-13(16)3-4-15(14)19(11)10-12-5-7-18(2)8-6-12/h3-4,9,12H,5-8,10,16H2,1-2H3. The minimum Gasteiger partial charge on any atom is -0.399 e. The molecule has 19 heavy (non-hydrogen) atoms. The molecule has 0 atom stereocenters. The highest BCUT2D eigenvalue weighted by Gasteiger charge is 2.19. The molecule has 4 heteroatoms. The van der Waals surface area contributed by atoms with Gasteiger partial charge in [-0.2, -0.15) is 0 Å². The predicted molar refractivity (Wildman–Crippen MR) is 79.1 cm³/mol. The first-order valence-electron chi connectivity index (χ1n) is 7.04. The molecule has 0 saturated carbocycles. The number of nitrogen functional groups attached to an aromatic ring is 1. The van der Waals surface area contributed by atoms with Crippen molar-refractivity contribution in [1.29, 1.82) is 0 Å². The molecule has 1 fully saturated rings. The largest absolute Gasteiger partial charge is 0.399 e. The van der Waals surface area contributed by atoms with Crippen molar-refractivity contribution in [3.8, 4) is 0 Å². The fourth-order valence-corrected chi connectivity index (χ4v) is 3.00. The molecule has 1 aromatic heterocycles. The minimum atomic E-state index is 0.768. The van der Waals surface area contributed by atoms with Crippen molar-refractivity contribution in [2.24, 2.45) is 5.92 Å². The number of hydrogen-bond donors (Lipinski definition) is 1. The molecular weight excluding hydrogens is 236 g/mol. The zero-order valence-electron chi connectivity index (χ0n) is 11.8. The van der Waals surface area contributed by atoms with Gasteiger partial charge in [-0.25, -0.2) is 4.98 Å². The molecule has 1 aromatic carbocycles. The average Bonchev–Trinajstić information content (AvgIpc) is 2.68. The average molecular weight is 258 g/mol. The number of aryl methyl sites for hydroxylation is 1. The van der Waals surface area contributed by atoms with Crippen molar-refractivity contribution < 1.29 is 0 Å². The summed E-state index contributed by atoms with van der Waals surface area (Å²) < 4.78 is 2.35. The summed E-state index contributed by atoms with van der Waals surface area (Å²) in [5.74, 6) is 1.87. The first-order chi connectivity index (χ1) is 9.13. The Bertz CT molecular complexity index is 579. The molecule has 0 radical (unpaired) electrons. The number of fused-ring (bicyclic) bond motifs is 1. The molecule has 0 aliphatic carbocycles. The van der Waals surface area contributed by atoms with Gasteiger partial charge in [0, 0.05) is 12.2 Å². The topological polar surface area (TPSA) is 47.1 Å². The molecule has 2 N–H and O–H groups in total. The third-order valence-electron chi connectivity index (χ3n) is 4.24. The smallest absolute Gasteiger partial charge is 0.106 e. The first kappa shape index (κ1) is 12.5. The molecule has 2 aromatic rings. The van der Waals surface area contributed by atoms with Crippen LogP contribution in [0.3, 0.4) is 0 Å². The lowest BCUT2D eigenvalue weighted by Gasteiger charge is -2.29. The molecule has 1 saturated heterocycles. The van der Waals surface area contributed by atoms with E-state index in [2.05, 4.69) is 34.5 Å². The van der Waals surface area contributed by atoms with Crippen molar-refractivity contribution in [1.82, 2.24) is 14.5 Å². The van der Waals surface area contributed by atoms with Gasteiger partial charge in [-0.05, 0) is 64.0 Å². The summed E-state index contributed by atoms with van der Waals surface area (Å²) in [6.45, 7) is 5.60. The van der Waals surface area contributed by atoms with Gasteiger partial charge in [0.25, 0.3) is 0 Å². The van der Waals surface area contributed by atoms with Crippen molar-refractivity contribution in [2.45, 2.75) is 26.3 Å². The van der Waals surface area contributed by atoms with E-state index in [0.29, 0.717) is 0 Å². The number of nitrogens with two attached hydrogens (primary N) is 1. The monoisotopic (exact) mass is 258 g/mol. The maximum Gasteiger partial charge on any atom is 0.106 e. The van der Waals surface area contributed by atoms with E-state index in [1.54, 1.807) is 0 Å². The molecule has 0 unspecified atom stereocenters. The summed E-state index contributed by atoms with van der Waals surface area (Å²) >= 11 is 0. The highest BCUT2D eigenvalue weighted by molar-refractivity contribution is 5.79. The van der Waals surface area contributed by atoms with Gasteiger partial charge in [0.05, 0.1) is 11.0 Å². The lowest BCUT2D eigenvalue weighted by atomic mass is 9.97. The summed E-state index contributed by atoms with van der Waals surface area (Å²) in [6, 6.07) is 6.03. The SMILES string of the molecule is Cc1nc2cc(N)ccc2n1CC1CCN(C)CC1. The number of anilines is 1. The van der Waals surface area contributed by atoms with Gasteiger partial charge in [-0.1, -0.05) is 0 Å². The molecule has 1 aliphatic heterocycles. The van der Waals surface area contributed by atoms with Crippen molar-refractivity contribution in [2.75, 3.05) is 25.9 Å². The van der Waals surface area contributed by atoms with Crippen molar-refractivity contribution in [3.63, 3.8) is 0 Å². The Labute approximate surface area is 114 Å². The number of hydrogen-bond acceptors (Lipinski definition) is 3. The van der Waals surface area contributed by atoms with E-state index in [1.807, 2.05) is 12.1 Å². The van der Waals surface area contributed by atoms with Crippen molar-refractivity contribution in [3.05, 3.63) is 24.0 Å². The number of likely N-dealkylation sites (tertiary alicyclic amines) is 1. The van der Waals surface area contributed by atoms with Crippen LogP contribution in [0.15, 0.2) is 18.2 Å². The number of imidazole rings is 1. The molecule has 2 heterocycles. The van der Waals surface area contributed by atoms with E-state index in [0.717, 1.165) is 29.5 Å². The molecule has 1 aliphatic rings. The van der Waals surface area contributed by atoms with Crippen LogP contribution in [0.1, 0.15) is 18.7 Å². The van der Waals surface area contributed by atoms with Crippen LogP contribution in [0.4, 0.5) is 5.69 Å². The van der Waals surface area contributed by atoms with E-state index in [1.165, 1.54) is 31.4 Å². The van der Waals surface area contributed by atoms with Crippen LogP contribution < -0.4 is 5.73 Å². The van der Waals surface area contributed by atoms with Crippen LogP contribution >= 0.6 is 0 Å². The third kappa shape index (κ3) is 2.45. The number of nitrogens with zero attached hydrogens (tertiary/aromatic N) is 3. The van der Waals surface area contributed by atoms with Gasteiger partial charge >= 0.3 is 0 Å². The molecule has 3 rings (SSSR count). The Morgan fingerprint density at radius 3 is 2.79 bits per heavy atom. The second-order valence-corrected chi connectivity index (χ2v) is 5.76. The van der Waals surface area contributed by atoms with Crippen molar-refractivity contribution >= 4 is 16.7 Å². The Morgan fingerprint density at radius 1 is 1.32 bits per heavy atom. The zero-order chi connectivity index (χ0) is 13.4. The zero-order valence-corrected chi connectivity index (χ0v) is 11.8. The Kier molecular flexibility index (Phi) is 3.19. The summed E-state index contributed by atoms with van der Waals surface area (Å²) in [7, 11) is 2.21. The summed E-state index contributed by atoms with van der Waals surface area (Å²) in [6.07, 6.45) is 2.56. The number of benzene rings is 1. The van der Waals surface area contributed by atoms with Crippen LogP contribution in [0, 0.1) is 12.8 Å². The Morgan fingerprint density at radius 2 is 2.05 bits per heavy atom. The van der Waals surface area contributed by atoms with Crippen LogP contribution in [0.5, 0.6) is 0 Å². The van der Waals surface area contributed by atoms with Crippen LogP contribution in [0.2, 0.25) is 0 Å². The highest BCUT2D eigenvalue weighted by Crippen LogP contribution is 2.23. The second-order valence-electron chi connectivity index (χ2n) is 5.76. The molecule has 4 nitrogen and oxygen atoms in total. The molecule has 0 bridgehead atoms. The predicted octanol–water partition coefficient (Wildman–Crippen LogP) is 2.27. The lowest BCUT2D eigenvalue weighted by Crippen LogP contribution is -2.32. The molecule has 0 amide bonds. The quantitative estimate of drug-likeness (QED) is 0.841. The van der Waals surface area contributed by atoms with E-state index in [4.69, 9.17) is 5.73 Å². The van der Waals surface area contributed by atoms with Crippen LogP contribution in [0.25, 0.3) is 11.0 Å². The van der Waals surface area contributed by atoms with Gasteiger partial charge in [0.2, 0.25) is 0 Å². The van der Waals surface area contributed by atoms with E-state index >= 15 is 0 Å². The third-order valence-corrected chi connectivity index (χ3v) is 4.24. The van der Waals surface area contributed by atoms with Gasteiger partial charge in [0.15, 0.2) is 0 Å². The Balaban J connectivity index is 1.86. The molecule has 0 spiro atoms. The number of aromatic nitrogens is 2. The van der Waals surface area contributed by atoms with E-state index < -0.39 is 0 Å². The van der Waals surface area contributed by atoms with Gasteiger partial charge in [-0.3, -0.25) is 0 Å². The first-order valence-corrected chi connectivity index (χ1v) is 7.04. The summed E-state index contributed by atoms with van der Waals surface area (Å²) in [5, 5.41) is 0. The minimum absolute atomic E-state index is 0.768. The fraction of sp³-hybridized carbons (Fsp3) is 0.533. The lowest BCUT2D eigenvalue weighted by molar-refractivity contribution is 0.205. The number of piperidine rings is 1. The fourth-order valence-electron chi connectivity index (χ4n) is 3.00. The maximum atomic E-state index is 5.83. The molecule has 102 valence electrons. The summed E-state index contributed by atoms with van der Waals surface area (Å²) in [4.78, 5) is 7.04. The Hall–Kier alpha value is -1.55. The second kappa shape index (κ2) is 4.85. The van der Waals surface area contributed by atoms with Crippen LogP contribution in [-0.2, 0) is 6.54 Å². The normalized spacial score (nSPS) is 18.2. The molecular formula is C15H22N4. The highest BCUT2D eigenvalue weighted by atomic mass is 15.1. The number of rotatable bonds is 2. The summed E-state index contributed by atoms with van der Waals surface area (Å²) in [5.41, 5.74) is 8.85. The van der Waals surface area contributed by atoms with Crippen LogP contribution in [-0.4, -0.2) is 34.6 Å². The maximum absolute atomic E-state index is 5.83. The van der Waals surface area contributed by atoms with Gasteiger partial charge in [-0.15, -0.1) is 0 Å².